The van der Waals surface area contributed by atoms with E-state index in [0.29, 0.717) is 24.4 Å². The van der Waals surface area contributed by atoms with Gasteiger partial charge in [0, 0.05) is 34.1 Å². The third-order valence-corrected chi connectivity index (χ3v) is 5.99. The summed E-state index contributed by atoms with van der Waals surface area (Å²) in [6.07, 6.45) is 2.69. The molecule has 4 aromatic rings. The first-order valence-corrected chi connectivity index (χ1v) is 10.9. The van der Waals surface area contributed by atoms with E-state index in [9.17, 15) is 4.79 Å². The van der Waals surface area contributed by atoms with Crippen LogP contribution >= 0.6 is 22.9 Å². The zero-order valence-corrected chi connectivity index (χ0v) is 18.1. The Bertz CT molecular complexity index is 1160. The maximum Gasteiger partial charge on any atom is 0.224 e. The SMILES string of the molecule is Cc1sc2ncnc(NCCCC(=O)Nc3ccc(Cl)cc3)c2c1-c1ccccc1. The number of hydrogen-bond donors (Lipinski definition) is 2. The van der Waals surface area contributed by atoms with Crippen LogP contribution in [-0.2, 0) is 4.79 Å². The Balaban J connectivity index is 1.42. The minimum Gasteiger partial charge on any atom is -0.369 e. The quantitative estimate of drug-likeness (QED) is 0.341. The van der Waals surface area contributed by atoms with E-state index in [1.54, 1.807) is 41.9 Å². The molecule has 0 fully saturated rings. The summed E-state index contributed by atoms with van der Waals surface area (Å²) in [5, 5.41) is 7.96. The Morgan fingerprint density at radius 2 is 1.83 bits per heavy atom. The largest absolute Gasteiger partial charge is 0.369 e. The van der Waals surface area contributed by atoms with Crippen LogP contribution in [-0.4, -0.2) is 22.4 Å². The molecule has 0 saturated carbocycles. The number of nitrogens with one attached hydrogen (secondary N) is 2. The summed E-state index contributed by atoms with van der Waals surface area (Å²) in [5.41, 5.74) is 3.07. The number of rotatable bonds is 7. The van der Waals surface area contributed by atoms with Crippen molar-refractivity contribution in [2.75, 3.05) is 17.2 Å². The van der Waals surface area contributed by atoms with E-state index in [0.717, 1.165) is 27.3 Å². The third kappa shape index (κ3) is 4.61. The normalized spacial score (nSPS) is 10.9. The monoisotopic (exact) mass is 436 g/mol. The number of halogens is 1. The van der Waals surface area contributed by atoms with Crippen molar-refractivity contribution in [1.29, 1.82) is 0 Å². The van der Waals surface area contributed by atoms with Crippen molar-refractivity contribution in [3.63, 3.8) is 0 Å². The molecule has 0 spiro atoms. The van der Waals surface area contributed by atoms with Gasteiger partial charge < -0.3 is 10.6 Å². The average Bonchev–Trinajstić information content (AvgIpc) is 3.10. The van der Waals surface area contributed by atoms with Crippen LogP contribution in [0.4, 0.5) is 11.5 Å². The highest BCUT2D eigenvalue weighted by molar-refractivity contribution is 7.19. The van der Waals surface area contributed by atoms with Gasteiger partial charge in [-0.25, -0.2) is 9.97 Å². The lowest BCUT2D eigenvalue weighted by Gasteiger charge is -2.09. The number of anilines is 2. The highest BCUT2D eigenvalue weighted by atomic mass is 35.5. The fraction of sp³-hybridized carbons (Fsp3) is 0.174. The maximum atomic E-state index is 12.2. The van der Waals surface area contributed by atoms with Crippen molar-refractivity contribution >= 4 is 50.6 Å². The molecule has 0 unspecified atom stereocenters. The summed E-state index contributed by atoms with van der Waals surface area (Å²) in [7, 11) is 0. The van der Waals surface area contributed by atoms with Crippen LogP contribution in [0.15, 0.2) is 60.9 Å². The van der Waals surface area contributed by atoms with Crippen LogP contribution < -0.4 is 10.6 Å². The summed E-state index contributed by atoms with van der Waals surface area (Å²) < 4.78 is 0. The fourth-order valence-corrected chi connectivity index (χ4v) is 4.48. The summed E-state index contributed by atoms with van der Waals surface area (Å²) >= 11 is 7.54. The molecule has 0 atom stereocenters. The van der Waals surface area contributed by atoms with Crippen LogP contribution in [0.25, 0.3) is 21.3 Å². The van der Waals surface area contributed by atoms with Gasteiger partial charge in [0.15, 0.2) is 0 Å². The average molecular weight is 437 g/mol. The van der Waals surface area contributed by atoms with Crippen molar-refractivity contribution in [2.45, 2.75) is 19.8 Å². The molecule has 5 nitrogen and oxygen atoms in total. The first kappa shape index (κ1) is 20.3. The van der Waals surface area contributed by atoms with Gasteiger partial charge in [0.25, 0.3) is 0 Å². The topological polar surface area (TPSA) is 66.9 Å². The van der Waals surface area contributed by atoms with Crippen LogP contribution in [0.3, 0.4) is 0 Å². The third-order valence-electron chi connectivity index (χ3n) is 4.73. The minimum atomic E-state index is -0.0247. The highest BCUT2D eigenvalue weighted by Crippen LogP contribution is 2.40. The number of aryl methyl sites for hydroxylation is 1. The fourth-order valence-electron chi connectivity index (χ4n) is 3.34. The predicted molar refractivity (Wildman–Crippen MR) is 125 cm³/mol. The number of hydrogen-bond acceptors (Lipinski definition) is 5. The van der Waals surface area contributed by atoms with E-state index < -0.39 is 0 Å². The number of thiophene rings is 1. The molecule has 0 aliphatic carbocycles. The van der Waals surface area contributed by atoms with Gasteiger partial charge in [-0.15, -0.1) is 11.3 Å². The van der Waals surface area contributed by atoms with Gasteiger partial charge in [-0.05, 0) is 43.2 Å². The van der Waals surface area contributed by atoms with Crippen LogP contribution in [0.2, 0.25) is 5.02 Å². The van der Waals surface area contributed by atoms with Gasteiger partial charge in [0.2, 0.25) is 5.91 Å². The number of nitrogens with zero attached hydrogens (tertiary/aromatic N) is 2. The summed E-state index contributed by atoms with van der Waals surface area (Å²) in [6.45, 7) is 2.75. The lowest BCUT2D eigenvalue weighted by molar-refractivity contribution is -0.116. The van der Waals surface area contributed by atoms with E-state index in [2.05, 4.69) is 39.7 Å². The number of amides is 1. The molecule has 4 rings (SSSR count). The molecule has 1 amide bonds. The molecule has 0 bridgehead atoms. The van der Waals surface area contributed by atoms with Crippen molar-refractivity contribution in [1.82, 2.24) is 9.97 Å². The second kappa shape index (κ2) is 9.24. The first-order chi connectivity index (χ1) is 14.6. The minimum absolute atomic E-state index is 0.0247. The molecule has 0 saturated heterocycles. The second-order valence-electron chi connectivity index (χ2n) is 6.89. The zero-order valence-electron chi connectivity index (χ0n) is 16.5. The molecule has 30 heavy (non-hydrogen) atoms. The molecule has 2 aromatic heterocycles. The number of carbonyl (C=O) groups excluding carboxylic acids is 1. The van der Waals surface area contributed by atoms with E-state index in [4.69, 9.17) is 11.6 Å². The molecule has 0 aliphatic rings. The lowest BCUT2D eigenvalue weighted by Crippen LogP contribution is -2.13. The maximum absolute atomic E-state index is 12.2. The number of carbonyl (C=O) groups is 1. The Kier molecular flexibility index (Phi) is 6.26. The Morgan fingerprint density at radius 1 is 1.07 bits per heavy atom. The molecule has 7 heteroatoms. The highest BCUT2D eigenvalue weighted by Gasteiger charge is 2.16. The molecule has 2 N–H and O–H groups in total. The van der Waals surface area contributed by atoms with E-state index in [1.807, 2.05) is 18.2 Å². The van der Waals surface area contributed by atoms with Crippen molar-refractivity contribution in [3.05, 3.63) is 70.8 Å². The molecule has 2 aromatic carbocycles. The molecule has 2 heterocycles. The second-order valence-corrected chi connectivity index (χ2v) is 8.53. The van der Waals surface area contributed by atoms with Gasteiger partial charge in [0.05, 0.1) is 5.39 Å². The summed E-state index contributed by atoms with van der Waals surface area (Å²) in [5.74, 6) is 0.782. The van der Waals surface area contributed by atoms with E-state index >= 15 is 0 Å². The Morgan fingerprint density at radius 3 is 2.60 bits per heavy atom. The van der Waals surface area contributed by atoms with E-state index in [1.165, 1.54) is 10.4 Å². The van der Waals surface area contributed by atoms with Gasteiger partial charge >= 0.3 is 0 Å². The molecule has 0 aliphatic heterocycles. The summed E-state index contributed by atoms with van der Waals surface area (Å²) in [6, 6.07) is 17.4. The van der Waals surface area contributed by atoms with Crippen molar-refractivity contribution < 1.29 is 4.79 Å². The molecule has 152 valence electrons. The van der Waals surface area contributed by atoms with Gasteiger partial charge in [-0.1, -0.05) is 41.9 Å². The van der Waals surface area contributed by atoms with E-state index in [-0.39, 0.29) is 5.91 Å². The smallest absolute Gasteiger partial charge is 0.224 e. The first-order valence-electron chi connectivity index (χ1n) is 9.70. The molecular formula is C23H21ClN4OS. The number of benzene rings is 2. The van der Waals surface area contributed by atoms with Crippen LogP contribution in [0.1, 0.15) is 17.7 Å². The standard InChI is InChI=1S/C23H21ClN4OS/c1-15-20(16-6-3-2-4-7-16)21-22(26-14-27-23(21)30-15)25-13-5-8-19(29)28-18-11-9-17(24)10-12-18/h2-4,6-7,9-12,14H,5,8,13H2,1H3,(H,28,29)(H,25,26,27). The summed E-state index contributed by atoms with van der Waals surface area (Å²) in [4.78, 5) is 23.3. The van der Waals surface area contributed by atoms with Crippen molar-refractivity contribution in [2.24, 2.45) is 0 Å². The van der Waals surface area contributed by atoms with Gasteiger partial charge in [-0.3, -0.25) is 4.79 Å². The Labute approximate surface area is 184 Å². The number of aromatic nitrogens is 2. The predicted octanol–water partition coefficient (Wildman–Crippen LogP) is 6.15. The van der Waals surface area contributed by atoms with Crippen molar-refractivity contribution in [3.8, 4) is 11.1 Å². The molecule has 0 radical (unpaired) electrons. The van der Waals surface area contributed by atoms with Gasteiger partial charge in [-0.2, -0.15) is 0 Å². The lowest BCUT2D eigenvalue weighted by atomic mass is 10.0. The zero-order chi connectivity index (χ0) is 20.9. The number of fused-ring (bicyclic) bond motifs is 1. The Hall–Kier alpha value is -2.96. The van der Waals surface area contributed by atoms with Crippen LogP contribution in [0.5, 0.6) is 0 Å². The molecular weight excluding hydrogens is 416 g/mol. The van der Waals surface area contributed by atoms with Crippen LogP contribution in [0, 0.1) is 6.92 Å². The van der Waals surface area contributed by atoms with Gasteiger partial charge in [0.1, 0.15) is 17.0 Å².